The van der Waals surface area contributed by atoms with E-state index in [-0.39, 0.29) is 0 Å². The number of rotatable bonds is 3. The molecule has 1 fully saturated rings. The Morgan fingerprint density at radius 2 is 2.11 bits per heavy atom. The monoisotopic (exact) mass is 448 g/mol. The van der Waals surface area contributed by atoms with Gasteiger partial charge in [-0.2, -0.15) is 0 Å². The molecular weight excluding hydrogens is 420 g/mol. The quantitative estimate of drug-likeness (QED) is 0.690. The van der Waals surface area contributed by atoms with E-state index in [4.69, 9.17) is 12.2 Å². The number of nitrogens with zero attached hydrogens (tertiary/aromatic N) is 2. The van der Waals surface area contributed by atoms with Crippen LogP contribution in [0.3, 0.4) is 0 Å². The van der Waals surface area contributed by atoms with Crippen molar-refractivity contribution in [3.63, 3.8) is 0 Å². The first kappa shape index (κ1) is 19.2. The maximum Gasteiger partial charge on any atom is 0.169 e. The lowest BCUT2D eigenvalue weighted by molar-refractivity contribution is 0.133. The van der Waals surface area contributed by atoms with Crippen LogP contribution < -0.4 is 5.32 Å². The van der Waals surface area contributed by atoms with E-state index in [9.17, 15) is 0 Å². The Balaban J connectivity index is 1.66. The van der Waals surface area contributed by atoms with Gasteiger partial charge in [0.05, 0.1) is 4.60 Å². The lowest BCUT2D eigenvalue weighted by Crippen LogP contribution is -2.56. The van der Waals surface area contributed by atoms with Gasteiger partial charge in [-0.15, -0.1) is 0 Å². The minimum absolute atomic E-state index is 0.392. The van der Waals surface area contributed by atoms with Crippen LogP contribution in [0.5, 0.6) is 0 Å². The molecule has 6 heteroatoms. The number of hydrogen-bond donors (Lipinski definition) is 2. The first-order valence-electron chi connectivity index (χ1n) is 9.99. The molecule has 146 valence electrons. The molecule has 2 heterocycles. The van der Waals surface area contributed by atoms with Crippen molar-refractivity contribution in [3.8, 4) is 0 Å². The van der Waals surface area contributed by atoms with Crippen LogP contribution in [-0.2, 0) is 6.42 Å². The maximum atomic E-state index is 5.68. The number of H-pyrrole nitrogens is 1. The summed E-state index contributed by atoms with van der Waals surface area (Å²) >= 11 is 9.44. The van der Waals surface area contributed by atoms with E-state index in [2.05, 4.69) is 76.0 Å². The van der Waals surface area contributed by atoms with Crippen LogP contribution in [0.25, 0.3) is 10.9 Å². The van der Waals surface area contributed by atoms with Crippen molar-refractivity contribution >= 4 is 44.2 Å². The van der Waals surface area contributed by atoms with Gasteiger partial charge < -0.3 is 20.1 Å². The Morgan fingerprint density at radius 3 is 2.81 bits per heavy atom. The summed E-state index contributed by atoms with van der Waals surface area (Å²) in [4.78, 5) is 8.32. The third kappa shape index (κ3) is 3.30. The summed E-state index contributed by atoms with van der Waals surface area (Å²) in [7, 11) is 2.27. The second-order valence-corrected chi connectivity index (χ2v) is 9.25. The molecular formula is C21H29BrN4S. The van der Waals surface area contributed by atoms with Crippen molar-refractivity contribution < 1.29 is 0 Å². The summed E-state index contributed by atoms with van der Waals surface area (Å²) in [5, 5.41) is 5.99. The third-order valence-electron chi connectivity index (χ3n) is 6.39. The summed E-state index contributed by atoms with van der Waals surface area (Å²) in [5.41, 5.74) is 5.54. The van der Waals surface area contributed by atoms with Gasteiger partial charge in [0.15, 0.2) is 5.11 Å². The number of nitrogens with one attached hydrogen (secondary N) is 2. The molecule has 4 nitrogen and oxygen atoms in total. The molecule has 1 aliphatic carbocycles. The fourth-order valence-corrected chi connectivity index (χ4v) is 6.09. The fraction of sp³-hybridized carbons (Fsp3) is 0.571. The molecule has 3 atom stereocenters. The largest absolute Gasteiger partial charge is 0.359 e. The van der Waals surface area contributed by atoms with Gasteiger partial charge in [0, 0.05) is 48.5 Å². The van der Waals surface area contributed by atoms with Gasteiger partial charge in [-0.1, -0.05) is 6.07 Å². The van der Waals surface area contributed by atoms with Crippen LogP contribution in [0.15, 0.2) is 16.7 Å². The Bertz CT molecular complexity index is 873. The standard InChI is InChI=1S/C21H29BrN4S/c1-5-26(6-2)21(27)23-13-9-14-15-7-12(3)8-17-19(15)16(20(22)24-17)10-18(14)25(4)11-13/h7-8,13-14,18,24H,5-6,9-11H2,1-4H3,(H,23,27)/t13-,14+,18+/m0/s1. The topological polar surface area (TPSA) is 34.3 Å². The second kappa shape index (κ2) is 7.37. The number of aromatic amines is 1. The van der Waals surface area contributed by atoms with Gasteiger partial charge in [-0.25, -0.2) is 0 Å². The van der Waals surface area contributed by atoms with E-state index in [0.29, 0.717) is 18.0 Å². The lowest BCUT2D eigenvalue weighted by Gasteiger charge is -2.46. The number of halogens is 1. The SMILES string of the molecule is CCN(CC)C(=S)N[C@H]1C[C@@H]2c3cc(C)cc4[nH]c(Br)c(c34)C[C@H]2N(C)C1. The van der Waals surface area contributed by atoms with Gasteiger partial charge in [0.2, 0.25) is 0 Å². The Morgan fingerprint density at radius 1 is 1.37 bits per heavy atom. The van der Waals surface area contributed by atoms with Gasteiger partial charge >= 0.3 is 0 Å². The van der Waals surface area contributed by atoms with Crippen molar-refractivity contribution in [3.05, 3.63) is 33.4 Å². The smallest absolute Gasteiger partial charge is 0.169 e. The Labute approximate surface area is 175 Å². The van der Waals surface area contributed by atoms with Crippen molar-refractivity contribution in [2.45, 2.75) is 51.6 Å². The molecule has 1 aromatic heterocycles. The molecule has 1 saturated heterocycles. The van der Waals surface area contributed by atoms with E-state index >= 15 is 0 Å². The number of hydrogen-bond acceptors (Lipinski definition) is 2. The molecule has 0 saturated carbocycles. The number of aromatic nitrogens is 1. The van der Waals surface area contributed by atoms with E-state index < -0.39 is 0 Å². The Kier molecular flexibility index (Phi) is 5.25. The average Bonchev–Trinajstić information content (AvgIpc) is 2.93. The number of likely N-dealkylation sites (tertiary alicyclic amines) is 1. The molecule has 2 aliphatic rings. The zero-order chi connectivity index (χ0) is 19.3. The molecule has 0 bridgehead atoms. The summed E-state index contributed by atoms with van der Waals surface area (Å²) in [6, 6.07) is 5.62. The van der Waals surface area contributed by atoms with Crippen LogP contribution in [0.1, 0.15) is 42.9 Å². The zero-order valence-electron chi connectivity index (χ0n) is 16.6. The van der Waals surface area contributed by atoms with Crippen LogP contribution in [0.4, 0.5) is 0 Å². The van der Waals surface area contributed by atoms with Crippen LogP contribution in [0.2, 0.25) is 0 Å². The third-order valence-corrected chi connectivity index (χ3v) is 7.45. The molecule has 1 aliphatic heterocycles. The highest BCUT2D eigenvalue weighted by atomic mass is 79.9. The van der Waals surface area contributed by atoms with Crippen molar-refractivity contribution in [1.82, 2.24) is 20.1 Å². The summed E-state index contributed by atoms with van der Waals surface area (Å²) < 4.78 is 1.15. The second-order valence-electron chi connectivity index (χ2n) is 8.07. The molecule has 2 N–H and O–H groups in total. The molecule has 0 amide bonds. The molecule has 0 unspecified atom stereocenters. The summed E-state index contributed by atoms with van der Waals surface area (Å²) in [5.74, 6) is 0.540. The number of benzene rings is 1. The molecule has 1 aromatic carbocycles. The lowest BCUT2D eigenvalue weighted by atomic mass is 9.73. The normalized spacial score (nSPS) is 24.7. The highest BCUT2D eigenvalue weighted by molar-refractivity contribution is 9.10. The predicted molar refractivity (Wildman–Crippen MR) is 121 cm³/mol. The molecule has 27 heavy (non-hydrogen) atoms. The molecule has 4 rings (SSSR count). The number of fused-ring (bicyclic) bond motifs is 2. The van der Waals surface area contributed by atoms with Crippen molar-refractivity contribution in [1.29, 1.82) is 0 Å². The van der Waals surface area contributed by atoms with E-state index in [1.165, 1.54) is 27.6 Å². The summed E-state index contributed by atoms with van der Waals surface area (Å²) in [6.45, 7) is 9.47. The fourth-order valence-electron chi connectivity index (χ4n) is 5.09. The first-order valence-corrected chi connectivity index (χ1v) is 11.2. The van der Waals surface area contributed by atoms with Crippen molar-refractivity contribution in [2.24, 2.45) is 0 Å². The van der Waals surface area contributed by atoms with E-state index in [1.54, 1.807) is 0 Å². The number of piperidine rings is 1. The van der Waals surface area contributed by atoms with Crippen LogP contribution in [0, 0.1) is 6.92 Å². The molecule has 0 radical (unpaired) electrons. The first-order chi connectivity index (χ1) is 12.9. The number of aryl methyl sites for hydroxylation is 1. The van der Waals surface area contributed by atoms with Crippen molar-refractivity contribution in [2.75, 3.05) is 26.7 Å². The van der Waals surface area contributed by atoms with E-state index in [1.807, 2.05) is 0 Å². The predicted octanol–water partition coefficient (Wildman–Crippen LogP) is 4.17. The number of likely N-dealkylation sites (N-methyl/N-ethyl adjacent to an activating group) is 1. The van der Waals surface area contributed by atoms with Crippen LogP contribution in [-0.4, -0.2) is 58.7 Å². The molecule has 0 spiro atoms. The average molecular weight is 449 g/mol. The van der Waals surface area contributed by atoms with Gasteiger partial charge in [0.25, 0.3) is 0 Å². The van der Waals surface area contributed by atoms with E-state index in [0.717, 1.165) is 42.2 Å². The number of thiocarbonyl (C=S) groups is 1. The van der Waals surface area contributed by atoms with Gasteiger partial charge in [-0.05, 0) is 91.6 Å². The van der Waals surface area contributed by atoms with Gasteiger partial charge in [-0.3, -0.25) is 0 Å². The van der Waals surface area contributed by atoms with Crippen LogP contribution >= 0.6 is 28.1 Å². The minimum Gasteiger partial charge on any atom is -0.359 e. The minimum atomic E-state index is 0.392. The highest BCUT2D eigenvalue weighted by Crippen LogP contribution is 2.45. The zero-order valence-corrected chi connectivity index (χ0v) is 19.0. The maximum absolute atomic E-state index is 5.68. The molecule has 2 aromatic rings. The summed E-state index contributed by atoms with van der Waals surface area (Å²) in [6.07, 6.45) is 2.24. The Hall–Kier alpha value is -1.11. The highest BCUT2D eigenvalue weighted by Gasteiger charge is 2.40. The van der Waals surface area contributed by atoms with Gasteiger partial charge in [0.1, 0.15) is 0 Å².